The molecule has 1 aromatic heterocycles. The number of aryl methyl sites for hydroxylation is 3. The van der Waals surface area contributed by atoms with Crippen LogP contribution < -0.4 is 6.64 Å². The van der Waals surface area contributed by atoms with E-state index >= 15 is 0 Å². The van der Waals surface area contributed by atoms with Crippen molar-refractivity contribution in [2.45, 2.75) is 73.1 Å². The van der Waals surface area contributed by atoms with Crippen LogP contribution in [0.25, 0.3) is 0 Å². The Kier molecular flexibility index (Phi) is 11.1. The molecule has 34 heavy (non-hydrogen) atoms. The quantitative estimate of drug-likeness (QED) is 0.292. The average molecular weight is 557 g/mol. The Hall–Kier alpha value is -1.10. The van der Waals surface area contributed by atoms with Gasteiger partial charge in [-0.15, -0.1) is 24.8 Å². The Labute approximate surface area is 229 Å². The number of rotatable bonds is 5. The molecule has 6 heteroatoms. The summed E-state index contributed by atoms with van der Waals surface area (Å²) in [6.07, 6.45) is 0. The second-order valence-corrected chi connectivity index (χ2v) is 13.7. The molecule has 0 bridgehead atoms. The van der Waals surface area contributed by atoms with Crippen LogP contribution in [0.5, 0.6) is 11.5 Å². The number of benzene rings is 2. The van der Waals surface area contributed by atoms with Gasteiger partial charge >= 0.3 is 206 Å². The second-order valence-electron chi connectivity index (χ2n) is 10.7. The third-order valence-corrected chi connectivity index (χ3v) is 8.81. The predicted molar refractivity (Wildman–Crippen MR) is 150 cm³/mol. The fraction of sp³-hybridized carbons (Fsp3) is 0.393. The van der Waals surface area contributed by atoms with Gasteiger partial charge in [-0.25, -0.2) is 0 Å². The molecule has 0 atom stereocenters. The molecular weight excluding hydrogens is 519 g/mol. The first-order chi connectivity index (χ1) is 14.8. The predicted octanol–water partition coefficient (Wildman–Crippen LogP) is 8.87. The van der Waals surface area contributed by atoms with Crippen molar-refractivity contribution in [1.82, 2.24) is 0 Å². The first-order valence-corrected chi connectivity index (χ1v) is 14.2. The van der Waals surface area contributed by atoms with E-state index in [1.807, 2.05) is 0 Å². The smallest absolute Gasteiger partial charge is 0.147 e. The van der Waals surface area contributed by atoms with Gasteiger partial charge < -0.3 is 0 Å². The Bertz CT molecular complexity index is 1070. The minimum absolute atomic E-state index is 0. The second kappa shape index (κ2) is 12.2. The van der Waals surface area contributed by atoms with E-state index in [1.165, 1.54) is 32.7 Å². The SMILES string of the molecule is Cc1csc([CH]=[Ti]([O]c2ccc(C)cc2C(C)(C)C)[O]c2ccc(C)cc2C(C)(C)C)c1.Cl.Cl. The Balaban J connectivity index is 0.00000289. The van der Waals surface area contributed by atoms with Gasteiger partial charge in [-0.1, -0.05) is 0 Å². The summed E-state index contributed by atoms with van der Waals surface area (Å²) in [5, 5.41) is 2.18. The standard InChI is InChI=1S/2C11H16O.C6H6S.2ClH.Ti/c2*1-8-5-6-10(12)9(7-8)11(2,3)4;1-5-3-6(2)7-4-5;;;/h2*5-7,12H,1-4H3;2-4H,1H3;2*1H;/q;;;;;+2/p-2. The van der Waals surface area contributed by atoms with Crippen molar-refractivity contribution in [3.05, 3.63) is 80.5 Å². The van der Waals surface area contributed by atoms with Crippen LogP contribution in [0.3, 0.4) is 0 Å². The largest absolute Gasteiger partial charge is 0.147 e. The van der Waals surface area contributed by atoms with Crippen LogP contribution in [-0.4, -0.2) is 4.31 Å². The third-order valence-electron chi connectivity index (χ3n) is 5.32. The minimum Gasteiger partial charge on any atom is -0.147 e. The summed E-state index contributed by atoms with van der Waals surface area (Å²) in [4.78, 5) is 1.21. The normalized spacial score (nSPS) is 11.2. The van der Waals surface area contributed by atoms with E-state index in [1.54, 1.807) is 11.3 Å². The Morgan fingerprint density at radius 2 is 1.12 bits per heavy atom. The molecule has 3 rings (SSSR count). The average Bonchev–Trinajstić information content (AvgIpc) is 3.07. The molecular formula is C28H38Cl2O2STi. The summed E-state index contributed by atoms with van der Waals surface area (Å²) in [5.74, 6) is 1.87. The molecule has 3 aromatic rings. The maximum Gasteiger partial charge on any atom is -0.147 e. The van der Waals surface area contributed by atoms with E-state index in [0.717, 1.165) is 11.5 Å². The maximum atomic E-state index is 6.74. The molecule has 0 aliphatic rings. The van der Waals surface area contributed by atoms with Crippen LogP contribution >= 0.6 is 36.2 Å². The molecule has 0 spiro atoms. The summed E-state index contributed by atoms with van der Waals surface area (Å²) >= 11 is -0.838. The fourth-order valence-corrected chi connectivity index (χ4v) is 6.98. The molecule has 0 aliphatic carbocycles. The monoisotopic (exact) mass is 556 g/mol. The molecule has 0 N–H and O–H groups in total. The summed E-state index contributed by atoms with van der Waals surface area (Å²) in [6.45, 7) is 19.8. The van der Waals surface area contributed by atoms with Gasteiger partial charge in [0.05, 0.1) is 0 Å². The van der Waals surface area contributed by atoms with Gasteiger partial charge in [0, 0.05) is 0 Å². The number of hydrogen-bond acceptors (Lipinski definition) is 3. The van der Waals surface area contributed by atoms with E-state index < -0.39 is 18.2 Å². The van der Waals surface area contributed by atoms with Gasteiger partial charge in [-0.05, 0) is 0 Å². The van der Waals surface area contributed by atoms with E-state index in [0.29, 0.717) is 0 Å². The molecule has 0 aliphatic heterocycles. The molecule has 0 saturated carbocycles. The van der Waals surface area contributed by atoms with Gasteiger partial charge in [0.2, 0.25) is 0 Å². The van der Waals surface area contributed by atoms with Crippen LogP contribution in [0.2, 0.25) is 0 Å². The van der Waals surface area contributed by atoms with Gasteiger partial charge in [0.25, 0.3) is 0 Å². The van der Waals surface area contributed by atoms with Crippen molar-refractivity contribution in [3.8, 4) is 11.5 Å². The van der Waals surface area contributed by atoms with Crippen LogP contribution in [0.15, 0.2) is 47.8 Å². The zero-order chi connectivity index (χ0) is 23.7. The number of hydrogen-bond donors (Lipinski definition) is 0. The molecule has 0 radical (unpaired) electrons. The summed E-state index contributed by atoms with van der Waals surface area (Å²) < 4.78 is 15.7. The summed E-state index contributed by atoms with van der Waals surface area (Å²) in [5.41, 5.74) is 6.20. The molecule has 0 unspecified atom stereocenters. The van der Waals surface area contributed by atoms with Crippen molar-refractivity contribution in [2.24, 2.45) is 0 Å². The van der Waals surface area contributed by atoms with Crippen LogP contribution in [0.1, 0.15) is 74.2 Å². The minimum atomic E-state index is -2.59. The maximum absolute atomic E-state index is 6.74. The molecule has 2 nitrogen and oxygen atoms in total. The third kappa shape index (κ3) is 8.24. The Morgan fingerprint density at radius 3 is 1.47 bits per heavy atom. The van der Waals surface area contributed by atoms with E-state index in [9.17, 15) is 0 Å². The van der Waals surface area contributed by atoms with Gasteiger partial charge in [-0.2, -0.15) is 0 Å². The van der Waals surface area contributed by atoms with Gasteiger partial charge in [0.15, 0.2) is 0 Å². The van der Waals surface area contributed by atoms with E-state index in [-0.39, 0.29) is 35.6 Å². The van der Waals surface area contributed by atoms with Gasteiger partial charge in [0.1, 0.15) is 0 Å². The topological polar surface area (TPSA) is 18.5 Å². The molecule has 0 amide bonds. The van der Waals surface area contributed by atoms with Crippen molar-refractivity contribution < 1.29 is 24.8 Å². The zero-order valence-corrected chi connectivity index (χ0v) is 25.7. The van der Waals surface area contributed by atoms with Crippen molar-refractivity contribution >= 4 is 40.5 Å². The zero-order valence-electron chi connectivity index (χ0n) is 21.7. The van der Waals surface area contributed by atoms with Crippen molar-refractivity contribution in [2.75, 3.05) is 0 Å². The van der Waals surface area contributed by atoms with Crippen molar-refractivity contribution in [3.63, 3.8) is 0 Å². The summed E-state index contributed by atoms with van der Waals surface area (Å²) in [6, 6.07) is 15.2. The number of thiophene rings is 1. The first-order valence-electron chi connectivity index (χ1n) is 11.2. The van der Waals surface area contributed by atoms with Crippen LogP contribution in [0, 0.1) is 20.8 Å². The first kappa shape index (κ1) is 30.9. The molecule has 0 fully saturated rings. The summed E-state index contributed by atoms with van der Waals surface area (Å²) in [7, 11) is 0. The molecule has 186 valence electrons. The van der Waals surface area contributed by atoms with Crippen LogP contribution in [-0.2, 0) is 29.0 Å². The van der Waals surface area contributed by atoms with Crippen molar-refractivity contribution in [1.29, 1.82) is 0 Å². The molecule has 0 saturated heterocycles. The molecule has 1 heterocycles. The fourth-order valence-electron chi connectivity index (χ4n) is 3.58. The van der Waals surface area contributed by atoms with Crippen LogP contribution in [0.4, 0.5) is 0 Å². The van der Waals surface area contributed by atoms with E-state index in [2.05, 4.69) is 114 Å². The van der Waals surface area contributed by atoms with E-state index in [4.69, 9.17) is 6.64 Å². The number of halogens is 2. The molecule has 2 aromatic carbocycles. The van der Waals surface area contributed by atoms with Gasteiger partial charge in [-0.3, -0.25) is 0 Å². The Morgan fingerprint density at radius 1 is 0.676 bits per heavy atom.